The van der Waals surface area contributed by atoms with E-state index < -0.39 is 17.8 Å². The maximum atomic E-state index is 14.4. The second-order valence-electron chi connectivity index (χ2n) is 7.43. The van der Waals surface area contributed by atoms with E-state index in [1.807, 2.05) is 0 Å². The van der Waals surface area contributed by atoms with Crippen molar-refractivity contribution in [2.75, 3.05) is 7.11 Å². The fourth-order valence-electron chi connectivity index (χ4n) is 3.61. The Hall–Kier alpha value is -3.93. The summed E-state index contributed by atoms with van der Waals surface area (Å²) in [7, 11) is 1.52. The minimum absolute atomic E-state index is 0.0579. The third kappa shape index (κ3) is 3.55. The van der Waals surface area contributed by atoms with Gasteiger partial charge >= 0.3 is 12.1 Å². The van der Waals surface area contributed by atoms with Crippen LogP contribution in [0.3, 0.4) is 0 Å². The van der Waals surface area contributed by atoms with Gasteiger partial charge in [-0.2, -0.15) is 22.0 Å². The Balaban J connectivity index is 1.79. The highest BCUT2D eigenvalue weighted by atomic mass is 19.4. The van der Waals surface area contributed by atoms with E-state index in [9.17, 15) is 22.0 Å². The molecule has 0 aliphatic carbocycles. The van der Waals surface area contributed by atoms with E-state index in [1.165, 1.54) is 17.7 Å². The summed E-state index contributed by atoms with van der Waals surface area (Å²) in [6, 6.07) is 10.6. The summed E-state index contributed by atoms with van der Waals surface area (Å²) in [4.78, 5) is 8.02. The Labute approximate surface area is 187 Å². The average Bonchev–Trinajstić information content (AvgIpc) is 3.48. The second-order valence-corrected chi connectivity index (χ2v) is 7.43. The molecule has 34 heavy (non-hydrogen) atoms. The molecule has 0 unspecified atom stereocenters. The number of halogens is 5. The molecule has 0 spiro atoms. The first kappa shape index (κ1) is 21.9. The zero-order valence-corrected chi connectivity index (χ0v) is 17.3. The minimum atomic E-state index is -5.83. The van der Waals surface area contributed by atoms with Gasteiger partial charge in [-0.25, -0.2) is 9.97 Å². The molecule has 0 N–H and O–H groups in total. The Morgan fingerprint density at radius 1 is 1.00 bits per heavy atom. The van der Waals surface area contributed by atoms with Crippen LogP contribution in [0.5, 0.6) is 0 Å². The van der Waals surface area contributed by atoms with Gasteiger partial charge in [0.25, 0.3) is 5.89 Å². The lowest BCUT2D eigenvalue weighted by atomic mass is 9.99. The highest BCUT2D eigenvalue weighted by Gasteiger charge is 2.60. The van der Waals surface area contributed by atoms with Gasteiger partial charge < -0.3 is 9.15 Å². The zero-order valence-electron chi connectivity index (χ0n) is 17.3. The Bertz CT molecular complexity index is 1480. The van der Waals surface area contributed by atoms with E-state index >= 15 is 0 Å². The van der Waals surface area contributed by atoms with Gasteiger partial charge in [0.05, 0.1) is 6.61 Å². The number of alkyl halides is 5. The smallest absolute Gasteiger partial charge is 0.422 e. The molecule has 0 fully saturated rings. The van der Waals surface area contributed by atoms with Crippen LogP contribution in [0.2, 0.25) is 0 Å². The molecular formula is C22H14F5N5O2. The highest BCUT2D eigenvalue weighted by molar-refractivity contribution is 5.94. The number of imidazole rings is 1. The van der Waals surface area contributed by atoms with Gasteiger partial charge in [-0.15, -0.1) is 10.2 Å². The maximum absolute atomic E-state index is 14.4. The number of hydrogen-bond acceptors (Lipinski definition) is 6. The summed E-state index contributed by atoms with van der Waals surface area (Å²) in [5.41, 5.74) is 0.307. The largest absolute Gasteiger partial charge is 0.459 e. The number of benzene rings is 1. The predicted octanol–water partition coefficient (Wildman–Crippen LogP) is 5.40. The van der Waals surface area contributed by atoms with Gasteiger partial charge in [0.1, 0.15) is 22.7 Å². The van der Waals surface area contributed by atoms with Gasteiger partial charge in [-0.1, -0.05) is 24.3 Å². The van der Waals surface area contributed by atoms with E-state index in [4.69, 9.17) is 9.15 Å². The normalized spacial score (nSPS) is 12.6. The summed E-state index contributed by atoms with van der Waals surface area (Å²) in [5, 5.41) is 7.66. The molecule has 0 aliphatic heterocycles. The van der Waals surface area contributed by atoms with Crippen LogP contribution in [0.25, 0.3) is 39.4 Å². The van der Waals surface area contributed by atoms with Crippen molar-refractivity contribution in [2.24, 2.45) is 0 Å². The number of methoxy groups -OCH3 is 1. The lowest BCUT2D eigenvalue weighted by Gasteiger charge is -2.21. The van der Waals surface area contributed by atoms with Crippen molar-refractivity contribution in [1.82, 2.24) is 24.6 Å². The van der Waals surface area contributed by atoms with Crippen LogP contribution in [-0.2, 0) is 17.3 Å². The first-order valence-electron chi connectivity index (χ1n) is 9.81. The summed E-state index contributed by atoms with van der Waals surface area (Å²) in [6.45, 7) is 0.322. The lowest BCUT2D eigenvalue weighted by molar-refractivity contribution is -0.290. The molecule has 5 rings (SSSR count). The van der Waals surface area contributed by atoms with Crippen LogP contribution in [0, 0.1) is 0 Å². The first-order chi connectivity index (χ1) is 16.2. The summed E-state index contributed by atoms with van der Waals surface area (Å²) in [6.07, 6.45) is -3.35. The molecule has 0 radical (unpaired) electrons. The van der Waals surface area contributed by atoms with Crippen molar-refractivity contribution in [3.8, 4) is 22.7 Å². The number of hydrogen-bond donors (Lipinski definition) is 0. The zero-order chi connectivity index (χ0) is 24.1. The lowest BCUT2D eigenvalue weighted by Crippen LogP contribution is -2.34. The monoisotopic (exact) mass is 475 g/mol. The van der Waals surface area contributed by atoms with Crippen LogP contribution < -0.4 is 0 Å². The molecule has 0 atom stereocenters. The number of pyridine rings is 2. The standard InChI is InChI=1S/C22H14F5N5O2/c1-33-10-12-2-4-13(5-3-12)15-8-17(21(23,24)22(25,26)27)30-19-14(15)6-7-18-29-16(9-32(18)19)20-31-28-11-34-20/h2-9,11H,10H2,1H3. The van der Waals surface area contributed by atoms with Crippen molar-refractivity contribution in [2.45, 2.75) is 18.7 Å². The molecule has 0 bridgehead atoms. The quantitative estimate of drug-likeness (QED) is 0.317. The first-order valence-corrected chi connectivity index (χ1v) is 9.81. The van der Waals surface area contributed by atoms with Crippen LogP contribution in [-0.4, -0.2) is 37.9 Å². The highest BCUT2D eigenvalue weighted by Crippen LogP contribution is 2.45. The number of aromatic nitrogens is 5. The predicted molar refractivity (Wildman–Crippen MR) is 110 cm³/mol. The molecule has 0 aliphatic rings. The molecule has 7 nitrogen and oxygen atoms in total. The van der Waals surface area contributed by atoms with E-state index in [0.29, 0.717) is 17.6 Å². The number of fused-ring (bicyclic) bond motifs is 3. The third-order valence-electron chi connectivity index (χ3n) is 5.23. The molecule has 174 valence electrons. The fraction of sp³-hybridized carbons (Fsp3) is 0.182. The molecule has 12 heteroatoms. The van der Waals surface area contributed by atoms with Gasteiger partial charge in [-0.05, 0) is 34.9 Å². The van der Waals surface area contributed by atoms with Crippen LogP contribution >= 0.6 is 0 Å². The van der Waals surface area contributed by atoms with E-state index in [2.05, 4.69) is 20.2 Å². The number of rotatable bonds is 5. The molecular weight excluding hydrogens is 461 g/mol. The Kier molecular flexibility index (Phi) is 5.04. The van der Waals surface area contributed by atoms with Crippen molar-refractivity contribution in [3.63, 3.8) is 0 Å². The molecule has 4 aromatic heterocycles. The average molecular weight is 475 g/mol. The third-order valence-corrected chi connectivity index (χ3v) is 5.23. The fourth-order valence-corrected chi connectivity index (χ4v) is 3.61. The van der Waals surface area contributed by atoms with E-state index in [1.54, 1.807) is 36.4 Å². The summed E-state index contributed by atoms with van der Waals surface area (Å²) >= 11 is 0. The molecule has 0 saturated carbocycles. The summed E-state index contributed by atoms with van der Waals surface area (Å²) < 4.78 is 80.1. The van der Waals surface area contributed by atoms with Gasteiger partial charge in [0.15, 0.2) is 0 Å². The molecule has 1 aromatic carbocycles. The van der Waals surface area contributed by atoms with Gasteiger partial charge in [0, 0.05) is 18.7 Å². The second kappa shape index (κ2) is 7.83. The van der Waals surface area contributed by atoms with Crippen molar-refractivity contribution in [3.05, 3.63) is 66.3 Å². The maximum Gasteiger partial charge on any atom is 0.459 e. The molecule has 4 heterocycles. The Morgan fingerprint density at radius 2 is 1.76 bits per heavy atom. The van der Waals surface area contributed by atoms with Crippen molar-refractivity contribution in [1.29, 1.82) is 0 Å². The van der Waals surface area contributed by atoms with Crippen molar-refractivity contribution < 1.29 is 31.1 Å². The van der Waals surface area contributed by atoms with Crippen molar-refractivity contribution >= 4 is 16.7 Å². The van der Waals surface area contributed by atoms with E-state index in [-0.39, 0.29) is 28.4 Å². The Morgan fingerprint density at radius 3 is 2.41 bits per heavy atom. The molecule has 0 saturated heterocycles. The van der Waals surface area contributed by atoms with Gasteiger partial charge in [0.2, 0.25) is 6.39 Å². The molecule has 0 amide bonds. The van der Waals surface area contributed by atoms with Crippen LogP contribution in [0.1, 0.15) is 11.3 Å². The van der Waals surface area contributed by atoms with E-state index in [0.717, 1.165) is 18.0 Å². The molecule has 5 aromatic rings. The van der Waals surface area contributed by atoms with Gasteiger partial charge in [-0.3, -0.25) is 4.40 Å². The minimum Gasteiger partial charge on any atom is -0.422 e. The number of ether oxygens (including phenoxy) is 1. The van der Waals surface area contributed by atoms with Crippen LogP contribution in [0.15, 0.2) is 59.5 Å². The summed E-state index contributed by atoms with van der Waals surface area (Å²) in [5.74, 6) is -5.12. The topological polar surface area (TPSA) is 78.3 Å². The number of nitrogens with zero attached hydrogens (tertiary/aromatic N) is 5. The van der Waals surface area contributed by atoms with Crippen LogP contribution in [0.4, 0.5) is 22.0 Å². The SMILES string of the molecule is COCc1ccc(-c2cc(C(F)(F)C(F)(F)F)nc3c2ccc2nc(-c4nnco4)cn23)cc1.